The first kappa shape index (κ1) is 34.1. The summed E-state index contributed by atoms with van der Waals surface area (Å²) in [6.07, 6.45) is 9.35. The third-order valence-corrected chi connectivity index (χ3v) is 6.82. The Labute approximate surface area is 211 Å². The van der Waals surface area contributed by atoms with Crippen molar-refractivity contribution >= 4 is 15.4 Å². The summed E-state index contributed by atoms with van der Waals surface area (Å²) < 4.78 is 8.44. The van der Waals surface area contributed by atoms with Crippen LogP contribution >= 0.6 is 0 Å². The molecule has 1 aliphatic heterocycles. The summed E-state index contributed by atoms with van der Waals surface area (Å²) >= 11 is 0. The van der Waals surface area contributed by atoms with Crippen LogP contribution in [-0.4, -0.2) is 46.6 Å². The van der Waals surface area contributed by atoms with E-state index < -0.39 is 9.28 Å². The zero-order chi connectivity index (χ0) is 22.4. The standard InChI is InChI=1S/C11H21N3OSi.C10H20N2.2Li/c1-10(2,3)13-7-8-14(11(4,5)6)16(13)12-9-15;1-9(2,3)11-7-8-12-10(4,5)6;;/h7-8,16H,1-6H3;7-8H,1-6H3;;/q;-2;2*+1/b;8-7-;;. The second-order valence-electron chi connectivity index (χ2n) is 10.9. The van der Waals surface area contributed by atoms with Gasteiger partial charge >= 0.3 is 47.0 Å². The van der Waals surface area contributed by atoms with E-state index >= 15 is 0 Å². The molecule has 0 saturated heterocycles. The molecule has 0 spiro atoms. The van der Waals surface area contributed by atoms with Gasteiger partial charge in [-0.05, 0) is 41.5 Å². The van der Waals surface area contributed by atoms with Gasteiger partial charge in [-0.25, -0.2) is 21.9 Å². The van der Waals surface area contributed by atoms with E-state index in [4.69, 9.17) is 0 Å². The summed E-state index contributed by atoms with van der Waals surface area (Å²) in [5, 5.41) is 8.57. The summed E-state index contributed by atoms with van der Waals surface area (Å²) in [4.78, 5) is 10.6. The molecule has 0 aromatic rings. The molecule has 0 unspecified atom stereocenters. The van der Waals surface area contributed by atoms with Crippen molar-refractivity contribution in [3.05, 3.63) is 35.4 Å². The van der Waals surface area contributed by atoms with Crippen LogP contribution in [0.3, 0.4) is 0 Å². The first-order valence-corrected chi connectivity index (χ1v) is 11.3. The van der Waals surface area contributed by atoms with Crippen LogP contribution in [0.4, 0.5) is 0 Å². The van der Waals surface area contributed by atoms with Crippen molar-refractivity contribution in [3.8, 4) is 0 Å². The predicted molar refractivity (Wildman–Crippen MR) is 123 cm³/mol. The van der Waals surface area contributed by atoms with Crippen molar-refractivity contribution in [1.82, 2.24) is 9.13 Å². The molecule has 30 heavy (non-hydrogen) atoms. The van der Waals surface area contributed by atoms with E-state index in [9.17, 15) is 4.79 Å². The fourth-order valence-corrected chi connectivity index (χ4v) is 4.72. The van der Waals surface area contributed by atoms with Crippen LogP contribution in [0, 0.1) is 0 Å². The third kappa shape index (κ3) is 14.5. The quantitative estimate of drug-likeness (QED) is 0.352. The Hall–Kier alpha value is -0.528. The molecule has 0 saturated carbocycles. The van der Waals surface area contributed by atoms with Gasteiger partial charge in [-0.15, -0.1) is 11.1 Å². The molecule has 0 atom stereocenters. The second kappa shape index (κ2) is 13.1. The van der Waals surface area contributed by atoms with Crippen molar-refractivity contribution < 1.29 is 42.5 Å². The Bertz CT molecular complexity index is 550. The molecule has 0 bridgehead atoms. The normalized spacial score (nSPS) is 14.9. The molecule has 0 radical (unpaired) electrons. The summed E-state index contributed by atoms with van der Waals surface area (Å²) in [6.45, 7) is 25.2. The molecule has 0 N–H and O–H groups in total. The molecule has 6 nitrogen and oxygen atoms in total. The molecule has 0 aromatic heterocycles. The molecule has 1 heterocycles. The van der Waals surface area contributed by atoms with Gasteiger partial charge in [0.05, 0.1) is 0 Å². The summed E-state index contributed by atoms with van der Waals surface area (Å²) in [5.74, 6) is 0. The van der Waals surface area contributed by atoms with E-state index in [1.807, 2.05) is 12.4 Å². The molecule has 0 aliphatic carbocycles. The molecule has 0 fully saturated rings. The maximum absolute atomic E-state index is 10.6. The first-order chi connectivity index (χ1) is 12.4. The largest absolute Gasteiger partial charge is 1.00 e. The predicted octanol–water partition coefficient (Wildman–Crippen LogP) is -0.465. The minimum atomic E-state index is -1.80. The average Bonchev–Trinajstić information content (AvgIpc) is 2.87. The van der Waals surface area contributed by atoms with Gasteiger partial charge in [-0.2, -0.15) is 0 Å². The van der Waals surface area contributed by atoms with Crippen LogP contribution in [0.2, 0.25) is 0 Å². The van der Waals surface area contributed by atoms with E-state index in [0.717, 1.165) is 0 Å². The van der Waals surface area contributed by atoms with Crippen LogP contribution in [-0.2, 0) is 4.79 Å². The van der Waals surface area contributed by atoms with E-state index in [1.54, 1.807) is 18.5 Å². The first-order valence-electron chi connectivity index (χ1n) is 9.80. The van der Waals surface area contributed by atoms with Gasteiger partial charge in [-0.3, -0.25) is 0 Å². The van der Waals surface area contributed by atoms with Gasteiger partial charge in [0.1, 0.15) is 0 Å². The smallest absolute Gasteiger partial charge is 0.687 e. The SMILES string of the molecule is CC(C)(C)N1C=CN(C(C)(C)C)[SiH]1N=C=O.CC(C)(C)[N-]/C=C\[N-]C(C)(C)C.[Li+].[Li+]. The van der Waals surface area contributed by atoms with Gasteiger partial charge in [0.25, 0.3) is 0 Å². The topological polar surface area (TPSA) is 64.1 Å². The fraction of sp³-hybridized carbons (Fsp3) is 0.762. The minimum Gasteiger partial charge on any atom is -0.687 e. The van der Waals surface area contributed by atoms with Crippen LogP contribution < -0.4 is 37.7 Å². The van der Waals surface area contributed by atoms with Crippen LogP contribution in [0.1, 0.15) is 83.1 Å². The van der Waals surface area contributed by atoms with Gasteiger partial charge in [0.2, 0.25) is 6.08 Å². The minimum absolute atomic E-state index is 0. The molecular formula is C21H41Li2N5OSi. The van der Waals surface area contributed by atoms with Crippen molar-refractivity contribution in [3.63, 3.8) is 0 Å². The summed E-state index contributed by atoms with van der Waals surface area (Å²) in [5.41, 5.74) is -0.00468. The molecular weight excluding hydrogens is 380 g/mol. The third-order valence-electron chi connectivity index (χ3n) is 3.59. The number of hydrogen-bond acceptors (Lipinski definition) is 4. The van der Waals surface area contributed by atoms with Crippen molar-refractivity contribution in [2.45, 2.75) is 105 Å². The number of carbonyl (C=O) groups excluding carboxylic acids is 1. The van der Waals surface area contributed by atoms with Crippen LogP contribution in [0.15, 0.2) is 29.5 Å². The van der Waals surface area contributed by atoms with E-state index in [0.29, 0.717) is 0 Å². The van der Waals surface area contributed by atoms with Crippen molar-refractivity contribution in [2.75, 3.05) is 0 Å². The molecule has 9 heteroatoms. The van der Waals surface area contributed by atoms with E-state index in [-0.39, 0.29) is 59.9 Å². The Morgan fingerprint density at radius 1 is 0.733 bits per heavy atom. The molecule has 0 aromatic carbocycles. The maximum Gasteiger partial charge on any atom is 1.00 e. The molecule has 1 rings (SSSR count). The van der Waals surface area contributed by atoms with Crippen molar-refractivity contribution in [2.24, 2.45) is 4.66 Å². The Morgan fingerprint density at radius 2 is 1.03 bits per heavy atom. The van der Waals surface area contributed by atoms with Gasteiger partial charge in [0.15, 0.2) is 0 Å². The number of rotatable bonds is 3. The van der Waals surface area contributed by atoms with E-state index in [1.165, 1.54) is 0 Å². The van der Waals surface area contributed by atoms with E-state index in [2.05, 4.69) is 108 Å². The van der Waals surface area contributed by atoms with Crippen molar-refractivity contribution in [1.29, 1.82) is 0 Å². The fourth-order valence-electron chi connectivity index (χ4n) is 2.26. The monoisotopic (exact) mass is 421 g/mol. The molecule has 1 aliphatic rings. The Morgan fingerprint density at radius 3 is 1.23 bits per heavy atom. The van der Waals surface area contributed by atoms with Crippen LogP contribution in [0.25, 0.3) is 10.6 Å². The maximum atomic E-state index is 10.6. The number of nitrogens with zero attached hydrogens (tertiary/aromatic N) is 5. The Kier molecular flexibility index (Phi) is 14.9. The number of hydrogen-bond donors (Lipinski definition) is 0. The zero-order valence-corrected chi connectivity index (χ0v) is 23.2. The van der Waals surface area contributed by atoms with Gasteiger partial charge in [-0.1, -0.05) is 41.5 Å². The van der Waals surface area contributed by atoms with Gasteiger partial charge in [0, 0.05) is 23.5 Å². The second-order valence-corrected chi connectivity index (χ2v) is 13.0. The molecule has 0 amide bonds. The molecule has 162 valence electrons. The summed E-state index contributed by atoms with van der Waals surface area (Å²) in [7, 11) is -1.80. The average molecular weight is 422 g/mol. The Balaban J connectivity index is -0.000000474. The number of isocyanates is 1. The summed E-state index contributed by atoms with van der Waals surface area (Å²) in [6, 6.07) is 0. The van der Waals surface area contributed by atoms with Crippen LogP contribution in [0.5, 0.6) is 0 Å². The zero-order valence-electron chi connectivity index (χ0n) is 22.0. The van der Waals surface area contributed by atoms with Gasteiger partial charge < -0.3 is 19.8 Å².